The smallest absolute Gasteiger partial charge is 0.157 e. The van der Waals surface area contributed by atoms with Gasteiger partial charge in [0.1, 0.15) is 12.4 Å². The fourth-order valence-electron chi connectivity index (χ4n) is 2.34. The van der Waals surface area contributed by atoms with Crippen LogP contribution in [0.15, 0.2) is 29.3 Å². The molecule has 1 aromatic carbocycles. The molecule has 0 amide bonds. The molecule has 0 aromatic heterocycles. The van der Waals surface area contributed by atoms with Gasteiger partial charge in [-0.3, -0.25) is 4.99 Å². The van der Waals surface area contributed by atoms with Gasteiger partial charge in [0.2, 0.25) is 0 Å². The zero-order chi connectivity index (χ0) is 15.3. The third-order valence-electron chi connectivity index (χ3n) is 3.19. The molecule has 0 aliphatic carbocycles. The van der Waals surface area contributed by atoms with E-state index in [0.717, 1.165) is 24.0 Å². The summed E-state index contributed by atoms with van der Waals surface area (Å²) in [5.74, 6) is 0.934. The maximum Gasteiger partial charge on any atom is 0.157 e. The van der Waals surface area contributed by atoms with Crippen LogP contribution in [0.4, 0.5) is 0 Å². The predicted molar refractivity (Wildman–Crippen MR) is 92.4 cm³/mol. The zero-order valence-electron chi connectivity index (χ0n) is 13.5. The minimum Gasteiger partial charge on any atom is -0.492 e. The summed E-state index contributed by atoms with van der Waals surface area (Å²) in [6.07, 6.45) is 1.20. The van der Waals surface area contributed by atoms with Gasteiger partial charge in [0.15, 0.2) is 5.17 Å². The van der Waals surface area contributed by atoms with Gasteiger partial charge in [-0.25, -0.2) is 0 Å². The lowest BCUT2D eigenvalue weighted by Gasteiger charge is -2.21. The molecule has 0 spiro atoms. The summed E-state index contributed by atoms with van der Waals surface area (Å²) in [5, 5.41) is 5.05. The van der Waals surface area contributed by atoms with E-state index in [-0.39, 0.29) is 0 Å². The minimum atomic E-state index is 0.372. The van der Waals surface area contributed by atoms with Crippen LogP contribution in [0.25, 0.3) is 0 Å². The number of rotatable bonds is 5. The van der Waals surface area contributed by atoms with Crippen molar-refractivity contribution in [2.75, 3.05) is 19.7 Å². The Bertz CT molecular complexity index is 494. The molecular weight excluding hydrogens is 280 g/mol. The molecule has 0 saturated heterocycles. The van der Waals surface area contributed by atoms with E-state index in [1.54, 1.807) is 0 Å². The van der Waals surface area contributed by atoms with E-state index >= 15 is 0 Å². The van der Waals surface area contributed by atoms with Crippen LogP contribution in [0.2, 0.25) is 0 Å². The van der Waals surface area contributed by atoms with Crippen molar-refractivity contribution >= 4 is 16.9 Å². The van der Waals surface area contributed by atoms with Crippen molar-refractivity contribution in [2.24, 2.45) is 10.4 Å². The molecule has 21 heavy (non-hydrogen) atoms. The normalized spacial score (nSPS) is 18.5. The lowest BCUT2D eigenvalue weighted by Crippen LogP contribution is -2.25. The van der Waals surface area contributed by atoms with Crippen LogP contribution in [0.5, 0.6) is 5.75 Å². The number of nitrogens with one attached hydrogen (secondary N) is 1. The van der Waals surface area contributed by atoms with Crippen LogP contribution < -0.4 is 10.1 Å². The van der Waals surface area contributed by atoms with Crippen LogP contribution in [0, 0.1) is 12.3 Å². The molecule has 1 atom stereocenters. The van der Waals surface area contributed by atoms with Crippen molar-refractivity contribution in [3.63, 3.8) is 0 Å². The Morgan fingerprint density at radius 3 is 2.90 bits per heavy atom. The summed E-state index contributed by atoms with van der Waals surface area (Å²) < 4.78 is 5.73. The molecule has 116 valence electrons. The second-order valence-corrected chi connectivity index (χ2v) is 8.03. The lowest BCUT2D eigenvalue weighted by molar-refractivity contribution is 0.322. The molecule has 4 heteroatoms. The molecule has 0 radical (unpaired) electrons. The molecule has 1 aliphatic heterocycles. The Hall–Kier alpha value is -1.16. The summed E-state index contributed by atoms with van der Waals surface area (Å²) in [6.45, 7) is 11.3. The second-order valence-electron chi connectivity index (χ2n) is 6.74. The van der Waals surface area contributed by atoms with Gasteiger partial charge in [-0.2, -0.15) is 0 Å². The lowest BCUT2D eigenvalue weighted by atomic mass is 9.90. The van der Waals surface area contributed by atoms with E-state index in [9.17, 15) is 0 Å². The quantitative estimate of drug-likeness (QED) is 0.838. The number of ether oxygens (including phenoxy) is 1. The fourth-order valence-corrected chi connectivity index (χ4v) is 3.72. The third kappa shape index (κ3) is 6.00. The first-order valence-corrected chi connectivity index (χ1v) is 8.45. The Kier molecular flexibility index (Phi) is 5.57. The summed E-state index contributed by atoms with van der Waals surface area (Å²) in [7, 11) is 0. The van der Waals surface area contributed by atoms with Crippen molar-refractivity contribution < 1.29 is 4.74 Å². The first-order chi connectivity index (χ1) is 9.92. The fraction of sp³-hybridized carbons (Fsp3) is 0.588. The summed E-state index contributed by atoms with van der Waals surface area (Å²) >= 11 is 1.87. The SMILES string of the molecule is Cc1cccc(OCCNC2=NCC(CC(C)(C)C)S2)c1. The van der Waals surface area contributed by atoms with E-state index in [1.165, 1.54) is 12.0 Å². The van der Waals surface area contributed by atoms with Crippen molar-refractivity contribution in [1.29, 1.82) is 0 Å². The van der Waals surface area contributed by atoms with Gasteiger partial charge in [0, 0.05) is 5.25 Å². The number of amidine groups is 1. The molecule has 1 aromatic rings. The van der Waals surface area contributed by atoms with E-state index in [1.807, 2.05) is 23.9 Å². The number of aliphatic imine (C=N–C) groups is 1. The van der Waals surface area contributed by atoms with E-state index in [0.29, 0.717) is 17.3 Å². The van der Waals surface area contributed by atoms with Gasteiger partial charge in [0.05, 0.1) is 13.1 Å². The number of nitrogens with zero attached hydrogens (tertiary/aromatic N) is 1. The third-order valence-corrected chi connectivity index (χ3v) is 4.34. The molecule has 1 aliphatic rings. The van der Waals surface area contributed by atoms with Crippen molar-refractivity contribution in [2.45, 2.75) is 39.4 Å². The monoisotopic (exact) mass is 306 g/mol. The van der Waals surface area contributed by atoms with Crippen LogP contribution in [-0.2, 0) is 0 Å². The van der Waals surface area contributed by atoms with Crippen LogP contribution in [0.3, 0.4) is 0 Å². The Morgan fingerprint density at radius 2 is 2.19 bits per heavy atom. The minimum absolute atomic E-state index is 0.372. The predicted octanol–water partition coefficient (Wildman–Crippen LogP) is 3.87. The Balaban J connectivity index is 1.64. The largest absolute Gasteiger partial charge is 0.492 e. The van der Waals surface area contributed by atoms with Crippen LogP contribution >= 0.6 is 11.8 Å². The van der Waals surface area contributed by atoms with Crippen LogP contribution in [-0.4, -0.2) is 30.1 Å². The van der Waals surface area contributed by atoms with Crippen LogP contribution in [0.1, 0.15) is 32.8 Å². The molecule has 0 fully saturated rings. The molecule has 1 N–H and O–H groups in total. The molecule has 0 saturated carbocycles. The van der Waals surface area contributed by atoms with Crippen molar-refractivity contribution in [3.8, 4) is 5.75 Å². The highest BCUT2D eigenvalue weighted by atomic mass is 32.2. The van der Waals surface area contributed by atoms with E-state index in [2.05, 4.69) is 50.1 Å². The van der Waals surface area contributed by atoms with E-state index in [4.69, 9.17) is 4.74 Å². The Morgan fingerprint density at radius 1 is 1.38 bits per heavy atom. The average molecular weight is 306 g/mol. The maximum absolute atomic E-state index is 5.73. The van der Waals surface area contributed by atoms with Gasteiger partial charge in [-0.1, -0.05) is 44.7 Å². The molecule has 3 nitrogen and oxygen atoms in total. The highest BCUT2D eigenvalue weighted by molar-refractivity contribution is 8.14. The standard InChI is InChI=1S/C17H26N2OS/c1-13-6-5-7-14(10-13)20-9-8-18-16-19-12-15(21-16)11-17(2,3)4/h5-7,10,15H,8-9,11-12H2,1-4H3,(H,18,19). The topological polar surface area (TPSA) is 33.6 Å². The summed E-state index contributed by atoms with van der Waals surface area (Å²) in [5.41, 5.74) is 1.60. The molecular formula is C17H26N2OS. The number of aryl methyl sites for hydroxylation is 1. The van der Waals surface area contributed by atoms with Crippen molar-refractivity contribution in [1.82, 2.24) is 5.32 Å². The summed E-state index contributed by atoms with van der Waals surface area (Å²) in [4.78, 5) is 4.57. The average Bonchev–Trinajstić information content (AvgIpc) is 2.80. The molecule has 0 bridgehead atoms. The van der Waals surface area contributed by atoms with Gasteiger partial charge >= 0.3 is 0 Å². The molecule has 2 rings (SSSR count). The van der Waals surface area contributed by atoms with Gasteiger partial charge in [-0.05, 0) is 36.5 Å². The molecule has 1 unspecified atom stereocenters. The first kappa shape index (κ1) is 16.2. The zero-order valence-corrected chi connectivity index (χ0v) is 14.3. The van der Waals surface area contributed by atoms with Gasteiger partial charge < -0.3 is 10.1 Å². The highest BCUT2D eigenvalue weighted by Crippen LogP contribution is 2.31. The van der Waals surface area contributed by atoms with Gasteiger partial charge in [-0.15, -0.1) is 0 Å². The summed E-state index contributed by atoms with van der Waals surface area (Å²) in [6, 6.07) is 8.14. The second kappa shape index (κ2) is 7.21. The Labute approximate surface area is 132 Å². The maximum atomic E-state index is 5.73. The molecule has 1 heterocycles. The number of thioether (sulfide) groups is 1. The number of hydrogen-bond donors (Lipinski definition) is 1. The number of hydrogen-bond acceptors (Lipinski definition) is 4. The number of benzene rings is 1. The van der Waals surface area contributed by atoms with E-state index < -0.39 is 0 Å². The van der Waals surface area contributed by atoms with Crippen molar-refractivity contribution in [3.05, 3.63) is 29.8 Å². The highest BCUT2D eigenvalue weighted by Gasteiger charge is 2.24. The van der Waals surface area contributed by atoms with Gasteiger partial charge in [0.25, 0.3) is 0 Å². The first-order valence-electron chi connectivity index (χ1n) is 7.57.